The van der Waals surface area contributed by atoms with Gasteiger partial charge in [-0.25, -0.2) is 0 Å². The summed E-state index contributed by atoms with van der Waals surface area (Å²) in [5.74, 6) is 2.32. The van der Waals surface area contributed by atoms with Gasteiger partial charge in [0.25, 0.3) is 0 Å². The van der Waals surface area contributed by atoms with Crippen LogP contribution >= 0.6 is 11.8 Å². The van der Waals surface area contributed by atoms with Crippen LogP contribution in [-0.4, -0.2) is 26.5 Å². The van der Waals surface area contributed by atoms with Gasteiger partial charge in [-0.05, 0) is 32.4 Å². The van der Waals surface area contributed by atoms with Crippen LogP contribution in [0.25, 0.3) is 0 Å². The number of thioether (sulfide) groups is 1. The van der Waals surface area contributed by atoms with E-state index in [0.717, 1.165) is 28.5 Å². The molecule has 1 atom stereocenters. The van der Waals surface area contributed by atoms with E-state index in [-0.39, 0.29) is 11.3 Å². The fourth-order valence-electron chi connectivity index (χ4n) is 2.26. The third kappa shape index (κ3) is 2.81. The number of rotatable bonds is 3. The third-order valence-corrected chi connectivity index (χ3v) is 4.78. The van der Waals surface area contributed by atoms with E-state index < -0.39 is 0 Å². The van der Waals surface area contributed by atoms with Crippen molar-refractivity contribution in [1.29, 1.82) is 0 Å². The summed E-state index contributed by atoms with van der Waals surface area (Å²) in [4.78, 5) is 22.5. The minimum absolute atomic E-state index is 0.0759. The molecule has 0 saturated carbocycles. The number of aryl methyl sites for hydroxylation is 3. The topological polar surface area (TPSA) is 59.2 Å². The van der Waals surface area contributed by atoms with Crippen LogP contribution in [0.15, 0.2) is 22.9 Å². The normalized spacial score (nSPS) is 18.5. The number of carbonyl (C=O) groups excluding carboxylic acids is 1. The van der Waals surface area contributed by atoms with Crippen LogP contribution in [0, 0.1) is 20.8 Å². The van der Waals surface area contributed by atoms with Gasteiger partial charge in [-0.1, -0.05) is 0 Å². The summed E-state index contributed by atoms with van der Waals surface area (Å²) in [6, 6.07) is 2.01. The standard InChI is InChI=1S/C15H17N3O2S/c1-9-4-13(20-11(9)3)15-18(14(19)8-21-15)7-12-6-16-10(2)5-17-12/h4-6,15H,7-8H2,1-3H3. The zero-order valence-electron chi connectivity index (χ0n) is 12.3. The number of carbonyl (C=O) groups is 1. The van der Waals surface area contributed by atoms with Crippen molar-refractivity contribution in [3.8, 4) is 0 Å². The molecular weight excluding hydrogens is 286 g/mol. The summed E-state index contributed by atoms with van der Waals surface area (Å²) in [6.07, 6.45) is 3.44. The molecule has 1 unspecified atom stereocenters. The summed E-state index contributed by atoms with van der Waals surface area (Å²) in [5, 5.41) is -0.0759. The van der Waals surface area contributed by atoms with Crippen molar-refractivity contribution in [2.24, 2.45) is 0 Å². The van der Waals surface area contributed by atoms with Gasteiger partial charge in [-0.3, -0.25) is 14.8 Å². The molecular formula is C15H17N3O2S. The number of aromatic nitrogens is 2. The number of amides is 1. The largest absolute Gasteiger partial charge is 0.463 e. The highest BCUT2D eigenvalue weighted by molar-refractivity contribution is 8.00. The molecule has 1 aliphatic heterocycles. The van der Waals surface area contributed by atoms with Crippen molar-refractivity contribution in [3.05, 3.63) is 46.9 Å². The van der Waals surface area contributed by atoms with Gasteiger partial charge in [0, 0.05) is 6.20 Å². The van der Waals surface area contributed by atoms with E-state index in [1.807, 2.05) is 31.7 Å². The molecule has 1 fully saturated rings. The van der Waals surface area contributed by atoms with Gasteiger partial charge in [-0.15, -0.1) is 11.8 Å². The predicted octanol–water partition coefficient (Wildman–Crippen LogP) is 2.77. The smallest absolute Gasteiger partial charge is 0.234 e. The van der Waals surface area contributed by atoms with Crippen LogP contribution < -0.4 is 0 Å². The van der Waals surface area contributed by atoms with E-state index in [1.54, 1.807) is 24.2 Å². The van der Waals surface area contributed by atoms with Crippen LogP contribution in [0.3, 0.4) is 0 Å². The maximum absolute atomic E-state index is 12.1. The van der Waals surface area contributed by atoms with Gasteiger partial charge < -0.3 is 9.32 Å². The van der Waals surface area contributed by atoms with Crippen LogP contribution in [0.2, 0.25) is 0 Å². The lowest BCUT2D eigenvalue weighted by molar-refractivity contribution is -0.128. The fourth-order valence-corrected chi connectivity index (χ4v) is 3.38. The second-order valence-corrected chi connectivity index (χ2v) is 6.29. The average molecular weight is 303 g/mol. The highest BCUT2D eigenvalue weighted by Crippen LogP contribution is 2.40. The summed E-state index contributed by atoms with van der Waals surface area (Å²) in [7, 11) is 0. The first-order valence-corrected chi connectivity index (χ1v) is 7.85. The highest BCUT2D eigenvalue weighted by Gasteiger charge is 2.35. The fraction of sp³-hybridized carbons (Fsp3) is 0.400. The first-order chi connectivity index (χ1) is 10.0. The highest BCUT2D eigenvalue weighted by atomic mass is 32.2. The maximum atomic E-state index is 12.1. The zero-order chi connectivity index (χ0) is 15.0. The van der Waals surface area contributed by atoms with Crippen LogP contribution in [0.4, 0.5) is 0 Å². The van der Waals surface area contributed by atoms with E-state index >= 15 is 0 Å². The molecule has 0 bridgehead atoms. The van der Waals surface area contributed by atoms with Gasteiger partial charge in [0.15, 0.2) is 0 Å². The number of hydrogen-bond donors (Lipinski definition) is 0. The van der Waals surface area contributed by atoms with E-state index in [9.17, 15) is 4.79 Å². The average Bonchev–Trinajstić information content (AvgIpc) is 2.97. The Morgan fingerprint density at radius 2 is 2.14 bits per heavy atom. The molecule has 0 aliphatic carbocycles. The first kappa shape index (κ1) is 14.1. The molecule has 21 heavy (non-hydrogen) atoms. The van der Waals surface area contributed by atoms with Crippen molar-refractivity contribution < 1.29 is 9.21 Å². The lowest BCUT2D eigenvalue weighted by atomic mass is 10.2. The number of hydrogen-bond acceptors (Lipinski definition) is 5. The molecule has 3 heterocycles. The molecule has 0 spiro atoms. The molecule has 2 aromatic rings. The minimum Gasteiger partial charge on any atom is -0.463 e. The van der Waals surface area contributed by atoms with Gasteiger partial charge in [0.05, 0.1) is 29.9 Å². The Morgan fingerprint density at radius 1 is 1.33 bits per heavy atom. The second kappa shape index (κ2) is 5.52. The Bertz CT molecular complexity index is 647. The van der Waals surface area contributed by atoms with Crippen LogP contribution in [0.5, 0.6) is 0 Å². The van der Waals surface area contributed by atoms with E-state index in [0.29, 0.717) is 12.3 Å². The quantitative estimate of drug-likeness (QED) is 0.872. The van der Waals surface area contributed by atoms with E-state index in [2.05, 4.69) is 9.97 Å². The van der Waals surface area contributed by atoms with Crippen molar-refractivity contribution in [3.63, 3.8) is 0 Å². The van der Waals surface area contributed by atoms with Crippen molar-refractivity contribution >= 4 is 17.7 Å². The monoisotopic (exact) mass is 303 g/mol. The van der Waals surface area contributed by atoms with Crippen LogP contribution in [-0.2, 0) is 11.3 Å². The maximum Gasteiger partial charge on any atom is 0.234 e. The zero-order valence-corrected chi connectivity index (χ0v) is 13.1. The van der Waals surface area contributed by atoms with E-state index in [4.69, 9.17) is 4.42 Å². The SMILES string of the molecule is Cc1cnc(CN2C(=O)CSC2c2cc(C)c(C)o2)cn1. The van der Waals surface area contributed by atoms with Crippen molar-refractivity contribution in [2.45, 2.75) is 32.7 Å². The molecule has 1 saturated heterocycles. The Balaban J connectivity index is 1.84. The summed E-state index contributed by atoms with van der Waals surface area (Å²) in [5.41, 5.74) is 2.77. The minimum atomic E-state index is -0.0759. The van der Waals surface area contributed by atoms with Crippen molar-refractivity contribution in [1.82, 2.24) is 14.9 Å². The Labute approximate surface area is 127 Å². The lowest BCUT2D eigenvalue weighted by Crippen LogP contribution is -2.28. The Kier molecular flexibility index (Phi) is 3.71. The molecule has 0 aromatic carbocycles. The van der Waals surface area contributed by atoms with Crippen molar-refractivity contribution in [2.75, 3.05) is 5.75 Å². The molecule has 0 radical (unpaired) electrons. The molecule has 1 aliphatic rings. The summed E-state index contributed by atoms with van der Waals surface area (Å²) < 4.78 is 5.78. The molecule has 0 N–H and O–H groups in total. The van der Waals surface area contributed by atoms with Gasteiger partial charge in [0.1, 0.15) is 16.9 Å². The molecule has 110 valence electrons. The first-order valence-electron chi connectivity index (χ1n) is 6.80. The van der Waals surface area contributed by atoms with Gasteiger partial charge >= 0.3 is 0 Å². The summed E-state index contributed by atoms with van der Waals surface area (Å²) in [6.45, 7) is 6.31. The summed E-state index contributed by atoms with van der Waals surface area (Å²) >= 11 is 1.59. The molecule has 6 heteroatoms. The Morgan fingerprint density at radius 3 is 2.76 bits per heavy atom. The Hall–Kier alpha value is -1.82. The number of furan rings is 1. The van der Waals surface area contributed by atoms with Crippen LogP contribution in [0.1, 0.15) is 33.8 Å². The molecule has 1 amide bonds. The second-order valence-electron chi connectivity index (χ2n) is 5.22. The van der Waals surface area contributed by atoms with Gasteiger partial charge in [-0.2, -0.15) is 0 Å². The van der Waals surface area contributed by atoms with Gasteiger partial charge in [0.2, 0.25) is 5.91 Å². The molecule has 2 aromatic heterocycles. The molecule has 5 nitrogen and oxygen atoms in total. The predicted molar refractivity (Wildman–Crippen MR) is 80.7 cm³/mol. The third-order valence-electron chi connectivity index (χ3n) is 3.56. The lowest BCUT2D eigenvalue weighted by Gasteiger charge is -2.21. The molecule has 3 rings (SSSR count). The number of nitrogens with zero attached hydrogens (tertiary/aromatic N) is 3. The van der Waals surface area contributed by atoms with E-state index in [1.165, 1.54) is 0 Å².